The maximum atomic E-state index is 12.9. The fraction of sp³-hybridized carbons (Fsp3) is 0.578. The highest BCUT2D eigenvalue weighted by atomic mass is 16.6. The van der Waals surface area contributed by atoms with Crippen LogP contribution in [0.1, 0.15) is 220 Å². The van der Waals surface area contributed by atoms with Crippen molar-refractivity contribution in [2.24, 2.45) is 0 Å². The van der Waals surface area contributed by atoms with Gasteiger partial charge in [-0.15, -0.1) is 0 Å². The minimum atomic E-state index is -0.819. The zero-order chi connectivity index (χ0) is 50.7. The van der Waals surface area contributed by atoms with E-state index in [2.05, 4.69) is 93.7 Å². The average Bonchev–Trinajstić information content (AvgIpc) is 3.36. The second-order valence-corrected chi connectivity index (χ2v) is 18.0. The zero-order valence-corrected chi connectivity index (χ0v) is 44.7. The Hall–Kier alpha value is -4.71. The number of carbonyl (C=O) groups excluding carboxylic acids is 3. The van der Waals surface area contributed by atoms with E-state index in [9.17, 15) is 14.4 Å². The van der Waals surface area contributed by atoms with Gasteiger partial charge in [-0.05, 0) is 89.9 Å². The molecule has 0 N–H and O–H groups in total. The van der Waals surface area contributed by atoms with Crippen LogP contribution in [-0.2, 0) is 28.6 Å². The van der Waals surface area contributed by atoms with Crippen molar-refractivity contribution >= 4 is 17.9 Å². The number of esters is 3. The first kappa shape index (κ1) is 65.3. The van der Waals surface area contributed by atoms with Gasteiger partial charge in [0.05, 0.1) is 0 Å². The third-order valence-electron chi connectivity index (χ3n) is 11.3. The van der Waals surface area contributed by atoms with Gasteiger partial charge in [0.1, 0.15) is 13.2 Å². The van der Waals surface area contributed by atoms with Gasteiger partial charge < -0.3 is 14.2 Å². The van der Waals surface area contributed by atoms with Crippen LogP contribution in [0.4, 0.5) is 0 Å². The standard InChI is InChI=1S/C64H100O6/c1-4-7-10-13-16-19-22-25-28-30-32-34-36-39-42-45-48-51-54-57-63(66)69-60-61(59-68-62(65)56-53-50-47-44-41-38-35-27-24-21-18-15-12-9-6-3)70-64(67)58-55-52-49-46-43-40-37-33-31-29-26-23-20-17-14-11-8-5-2/h7,10,13,16-17,19-26,28-34,36-37,39,42,61H,4-6,8-9,11-12,14-15,18,27,35,38,40-41,43-60H2,1-3H3/b10-7-,16-13-,20-17-,22-19-,24-21-,26-23-,28-25-,31-29-,32-30+,36-34-,37-33-,42-39-. The molecule has 0 saturated heterocycles. The fourth-order valence-corrected chi connectivity index (χ4v) is 7.14. The van der Waals surface area contributed by atoms with Gasteiger partial charge in [-0.25, -0.2) is 0 Å². The molecule has 0 saturated carbocycles. The van der Waals surface area contributed by atoms with Gasteiger partial charge in [-0.3, -0.25) is 14.4 Å². The molecule has 70 heavy (non-hydrogen) atoms. The first-order valence-corrected chi connectivity index (χ1v) is 28.0. The lowest BCUT2D eigenvalue weighted by molar-refractivity contribution is -0.167. The quantitative estimate of drug-likeness (QED) is 0.0199. The van der Waals surface area contributed by atoms with E-state index in [1.54, 1.807) is 0 Å². The second-order valence-electron chi connectivity index (χ2n) is 18.0. The predicted molar refractivity (Wildman–Crippen MR) is 302 cm³/mol. The summed E-state index contributed by atoms with van der Waals surface area (Å²) in [6.45, 7) is 6.37. The van der Waals surface area contributed by atoms with Gasteiger partial charge in [0.2, 0.25) is 0 Å². The summed E-state index contributed by atoms with van der Waals surface area (Å²) >= 11 is 0. The maximum Gasteiger partial charge on any atom is 0.306 e. The van der Waals surface area contributed by atoms with Crippen molar-refractivity contribution in [2.45, 2.75) is 226 Å². The molecule has 0 aliphatic rings. The predicted octanol–water partition coefficient (Wildman–Crippen LogP) is 18.8. The molecule has 0 bridgehead atoms. The van der Waals surface area contributed by atoms with Crippen molar-refractivity contribution in [1.29, 1.82) is 0 Å². The van der Waals surface area contributed by atoms with Gasteiger partial charge in [0.25, 0.3) is 0 Å². The highest BCUT2D eigenvalue weighted by molar-refractivity contribution is 5.71. The zero-order valence-electron chi connectivity index (χ0n) is 44.7. The third kappa shape index (κ3) is 54.2. The molecule has 1 atom stereocenters. The number of ether oxygens (including phenoxy) is 3. The van der Waals surface area contributed by atoms with Gasteiger partial charge in [0, 0.05) is 19.3 Å². The van der Waals surface area contributed by atoms with Gasteiger partial charge >= 0.3 is 17.9 Å². The van der Waals surface area contributed by atoms with E-state index in [1.165, 1.54) is 83.5 Å². The second kappa shape index (κ2) is 56.9. The van der Waals surface area contributed by atoms with Crippen LogP contribution in [-0.4, -0.2) is 37.2 Å². The van der Waals surface area contributed by atoms with Crippen molar-refractivity contribution in [1.82, 2.24) is 0 Å². The normalized spacial score (nSPS) is 13.2. The Kier molecular flexibility index (Phi) is 53.0. The number of unbranched alkanes of at least 4 members (excludes halogenated alkanes) is 22. The van der Waals surface area contributed by atoms with E-state index >= 15 is 0 Å². The van der Waals surface area contributed by atoms with Crippen molar-refractivity contribution in [3.8, 4) is 0 Å². The summed E-state index contributed by atoms with van der Waals surface area (Å²) in [5.74, 6) is -0.992. The molecule has 0 aromatic rings. The minimum Gasteiger partial charge on any atom is -0.462 e. The number of allylic oxidation sites excluding steroid dienone is 24. The van der Waals surface area contributed by atoms with E-state index in [0.717, 1.165) is 96.3 Å². The third-order valence-corrected chi connectivity index (χ3v) is 11.3. The Morgan fingerprint density at radius 1 is 0.300 bits per heavy atom. The van der Waals surface area contributed by atoms with E-state index in [1.807, 2.05) is 72.9 Å². The molecule has 0 radical (unpaired) electrons. The largest absolute Gasteiger partial charge is 0.462 e. The average molecular weight is 965 g/mol. The fourth-order valence-electron chi connectivity index (χ4n) is 7.14. The van der Waals surface area contributed by atoms with Gasteiger partial charge in [-0.2, -0.15) is 0 Å². The SMILES string of the molecule is CC\C=C/C=C\C=C/C=C\C=C\C=C/C=C\CCCCCC(=O)OCC(COC(=O)CCCCCCCCC/C=C\CCCCCC)OC(=O)CCCCCCC\C=C/C=C\C=C/C=C\CCCCC. The summed E-state index contributed by atoms with van der Waals surface area (Å²) in [7, 11) is 0. The molecule has 0 aliphatic heterocycles. The molecule has 0 aromatic carbocycles. The molecule has 6 heteroatoms. The van der Waals surface area contributed by atoms with Crippen molar-refractivity contribution < 1.29 is 28.6 Å². The van der Waals surface area contributed by atoms with Crippen LogP contribution >= 0.6 is 0 Å². The lowest BCUT2D eigenvalue weighted by Crippen LogP contribution is -2.30. The molecular formula is C64H100O6. The molecule has 392 valence electrons. The lowest BCUT2D eigenvalue weighted by Gasteiger charge is -2.18. The van der Waals surface area contributed by atoms with Gasteiger partial charge in [-0.1, -0.05) is 256 Å². The molecule has 0 aromatic heterocycles. The molecule has 0 aliphatic carbocycles. The molecule has 6 nitrogen and oxygen atoms in total. The van der Waals surface area contributed by atoms with Crippen LogP contribution in [0.2, 0.25) is 0 Å². The Morgan fingerprint density at radius 3 is 0.957 bits per heavy atom. The summed E-state index contributed by atoms with van der Waals surface area (Å²) in [6, 6.07) is 0. The smallest absolute Gasteiger partial charge is 0.306 e. The van der Waals surface area contributed by atoms with Crippen molar-refractivity contribution in [3.05, 3.63) is 146 Å². The monoisotopic (exact) mass is 965 g/mol. The number of hydrogen-bond acceptors (Lipinski definition) is 6. The molecule has 1 unspecified atom stereocenters. The highest BCUT2D eigenvalue weighted by Crippen LogP contribution is 2.13. The maximum absolute atomic E-state index is 12.9. The van der Waals surface area contributed by atoms with Crippen LogP contribution in [0.15, 0.2) is 146 Å². The summed E-state index contributed by atoms with van der Waals surface area (Å²) in [6.07, 6.45) is 81.0. The summed E-state index contributed by atoms with van der Waals surface area (Å²) in [4.78, 5) is 38.1. The van der Waals surface area contributed by atoms with Crippen LogP contribution in [0, 0.1) is 0 Å². The number of rotatable bonds is 48. The topological polar surface area (TPSA) is 78.9 Å². The first-order chi connectivity index (χ1) is 34.5. The van der Waals surface area contributed by atoms with E-state index in [0.29, 0.717) is 12.8 Å². The number of hydrogen-bond donors (Lipinski definition) is 0. The van der Waals surface area contributed by atoms with Crippen molar-refractivity contribution in [2.75, 3.05) is 13.2 Å². The van der Waals surface area contributed by atoms with Gasteiger partial charge in [0.15, 0.2) is 6.10 Å². The Balaban J connectivity index is 4.59. The Labute approximate surface area is 429 Å². The lowest BCUT2D eigenvalue weighted by atomic mass is 10.1. The van der Waals surface area contributed by atoms with Crippen LogP contribution in [0.5, 0.6) is 0 Å². The Bertz CT molecular complexity index is 1580. The van der Waals surface area contributed by atoms with Crippen LogP contribution in [0.3, 0.4) is 0 Å². The first-order valence-electron chi connectivity index (χ1n) is 28.0. The molecule has 0 fully saturated rings. The summed E-state index contributed by atoms with van der Waals surface area (Å²) in [5.41, 5.74) is 0. The molecule has 0 amide bonds. The van der Waals surface area contributed by atoms with Crippen LogP contribution in [0.25, 0.3) is 0 Å². The molecule has 0 rings (SSSR count). The van der Waals surface area contributed by atoms with Crippen molar-refractivity contribution in [3.63, 3.8) is 0 Å². The molecule has 0 heterocycles. The molecule has 0 spiro atoms. The molecular weight excluding hydrogens is 865 g/mol. The Morgan fingerprint density at radius 2 is 0.571 bits per heavy atom. The summed E-state index contributed by atoms with van der Waals surface area (Å²) in [5, 5.41) is 0. The van der Waals surface area contributed by atoms with E-state index < -0.39 is 6.10 Å². The highest BCUT2D eigenvalue weighted by Gasteiger charge is 2.19. The van der Waals surface area contributed by atoms with E-state index in [-0.39, 0.29) is 37.5 Å². The number of carbonyl (C=O) groups is 3. The minimum absolute atomic E-state index is 0.111. The van der Waals surface area contributed by atoms with E-state index in [4.69, 9.17) is 14.2 Å². The van der Waals surface area contributed by atoms with Crippen LogP contribution < -0.4 is 0 Å². The summed E-state index contributed by atoms with van der Waals surface area (Å²) < 4.78 is 16.8.